The Kier molecular flexibility index (Phi) is 5.86. The number of alkyl halides is 2. The molecule has 0 aliphatic heterocycles. The maximum absolute atomic E-state index is 12.8. The fourth-order valence-electron chi connectivity index (χ4n) is 1.44. The summed E-state index contributed by atoms with van der Waals surface area (Å²) < 4.78 is 31.0. The molecule has 0 saturated heterocycles. The van der Waals surface area contributed by atoms with Gasteiger partial charge in [-0.05, 0) is 35.6 Å². The van der Waals surface area contributed by atoms with Gasteiger partial charge in [0.15, 0.2) is 0 Å². The Morgan fingerprint density at radius 1 is 1.61 bits per heavy atom. The third-order valence-corrected chi connectivity index (χ3v) is 3.16. The highest BCUT2D eigenvalue weighted by atomic mass is 127. The number of ether oxygens (including phenoxy) is 1. The predicted octanol–water partition coefficient (Wildman–Crippen LogP) is 2.19. The quantitative estimate of drug-likeness (QED) is 0.638. The van der Waals surface area contributed by atoms with E-state index in [1.54, 1.807) is 13.0 Å². The van der Waals surface area contributed by atoms with Gasteiger partial charge >= 0.3 is 5.97 Å². The highest BCUT2D eigenvalue weighted by Gasteiger charge is 2.19. The fraction of sp³-hybridized carbons (Fsp3) is 0.455. The van der Waals surface area contributed by atoms with E-state index in [2.05, 4.69) is 4.98 Å². The van der Waals surface area contributed by atoms with E-state index < -0.39 is 12.4 Å². The maximum Gasteiger partial charge on any atom is 0.311 e. The topological polar surface area (TPSA) is 65.2 Å². The minimum absolute atomic E-state index is 0.00929. The van der Waals surface area contributed by atoms with Crippen molar-refractivity contribution in [2.24, 2.45) is 5.73 Å². The molecule has 1 rings (SSSR count). The van der Waals surface area contributed by atoms with Crippen molar-refractivity contribution in [2.45, 2.75) is 26.3 Å². The summed E-state index contributed by atoms with van der Waals surface area (Å²) in [7, 11) is 0. The van der Waals surface area contributed by atoms with E-state index in [0.717, 1.165) is 0 Å². The van der Waals surface area contributed by atoms with Crippen molar-refractivity contribution in [3.63, 3.8) is 0 Å². The lowest BCUT2D eigenvalue weighted by atomic mass is 10.1. The van der Waals surface area contributed by atoms with Gasteiger partial charge < -0.3 is 10.5 Å². The van der Waals surface area contributed by atoms with Gasteiger partial charge in [-0.2, -0.15) is 0 Å². The number of hydrogen-bond acceptors (Lipinski definition) is 4. The molecule has 18 heavy (non-hydrogen) atoms. The molecule has 7 heteroatoms. The number of aromatic nitrogens is 1. The van der Waals surface area contributed by atoms with Crippen LogP contribution < -0.4 is 5.73 Å². The van der Waals surface area contributed by atoms with Crippen molar-refractivity contribution >= 4 is 28.6 Å². The van der Waals surface area contributed by atoms with Crippen molar-refractivity contribution < 1.29 is 18.3 Å². The summed E-state index contributed by atoms with van der Waals surface area (Å²) in [6.45, 7) is 1.92. The van der Waals surface area contributed by atoms with Crippen molar-refractivity contribution in [3.05, 3.63) is 26.6 Å². The second-order valence-electron chi connectivity index (χ2n) is 3.45. The molecule has 4 nitrogen and oxygen atoms in total. The van der Waals surface area contributed by atoms with Gasteiger partial charge in [0.05, 0.1) is 18.7 Å². The van der Waals surface area contributed by atoms with Crippen molar-refractivity contribution in [2.75, 3.05) is 6.61 Å². The second kappa shape index (κ2) is 6.93. The highest BCUT2D eigenvalue weighted by Crippen LogP contribution is 2.25. The molecule has 1 aromatic rings. The van der Waals surface area contributed by atoms with Crippen LogP contribution in [-0.4, -0.2) is 17.6 Å². The molecular formula is C11H13F2IN2O2. The average molecular weight is 370 g/mol. The van der Waals surface area contributed by atoms with Crippen LogP contribution in [-0.2, 0) is 22.5 Å². The molecule has 0 aliphatic rings. The van der Waals surface area contributed by atoms with Crippen LogP contribution in [0, 0.1) is 3.57 Å². The van der Waals surface area contributed by atoms with Crippen LogP contribution in [0.25, 0.3) is 0 Å². The van der Waals surface area contributed by atoms with Gasteiger partial charge in [-0.25, -0.2) is 8.78 Å². The molecule has 0 atom stereocenters. The molecule has 0 bridgehead atoms. The van der Waals surface area contributed by atoms with Crippen LogP contribution in [0.5, 0.6) is 0 Å². The van der Waals surface area contributed by atoms with Crippen molar-refractivity contribution in [1.82, 2.24) is 4.98 Å². The molecule has 0 aliphatic carbocycles. The standard InChI is InChI=1S/C11H13F2IN2O2/c1-2-18-9(17)4-6-3-8(14)7(5-15)10(16-6)11(12)13/h3,11H,2,4-5,15H2,1H3. The Morgan fingerprint density at radius 2 is 2.28 bits per heavy atom. The lowest BCUT2D eigenvalue weighted by Crippen LogP contribution is -2.13. The predicted molar refractivity (Wildman–Crippen MR) is 70.1 cm³/mol. The highest BCUT2D eigenvalue weighted by molar-refractivity contribution is 14.1. The van der Waals surface area contributed by atoms with Gasteiger partial charge in [0.25, 0.3) is 6.43 Å². The number of pyridine rings is 1. The number of nitrogens with zero attached hydrogens (tertiary/aromatic N) is 1. The summed E-state index contributed by atoms with van der Waals surface area (Å²) in [6, 6.07) is 1.57. The van der Waals surface area contributed by atoms with E-state index in [1.807, 2.05) is 22.6 Å². The molecule has 0 unspecified atom stereocenters. The molecule has 0 radical (unpaired) electrons. The number of carbonyl (C=O) groups excluding carboxylic acids is 1. The molecule has 0 aromatic carbocycles. The zero-order valence-corrected chi connectivity index (χ0v) is 11.9. The van der Waals surface area contributed by atoms with Gasteiger partial charge in [-0.1, -0.05) is 0 Å². The molecule has 0 spiro atoms. The van der Waals surface area contributed by atoms with E-state index in [1.165, 1.54) is 0 Å². The summed E-state index contributed by atoms with van der Waals surface area (Å²) >= 11 is 1.91. The zero-order chi connectivity index (χ0) is 13.7. The van der Waals surface area contributed by atoms with Crippen LogP contribution in [0.1, 0.15) is 30.3 Å². The summed E-state index contributed by atoms with van der Waals surface area (Å²) in [5.74, 6) is -0.485. The summed E-state index contributed by atoms with van der Waals surface area (Å²) in [6.07, 6.45) is -2.83. The normalized spacial score (nSPS) is 10.8. The fourth-order valence-corrected chi connectivity index (χ4v) is 2.30. The van der Waals surface area contributed by atoms with E-state index in [9.17, 15) is 13.6 Å². The van der Waals surface area contributed by atoms with E-state index >= 15 is 0 Å². The molecule has 0 saturated carbocycles. The molecule has 0 fully saturated rings. The first-order valence-corrected chi connectivity index (χ1v) is 6.39. The molecule has 1 aromatic heterocycles. The summed E-state index contributed by atoms with van der Waals surface area (Å²) in [5, 5.41) is 0. The monoisotopic (exact) mass is 370 g/mol. The first-order valence-electron chi connectivity index (χ1n) is 5.31. The Morgan fingerprint density at radius 3 is 2.78 bits per heavy atom. The van der Waals surface area contributed by atoms with Crippen LogP contribution >= 0.6 is 22.6 Å². The number of nitrogens with two attached hydrogens (primary N) is 1. The zero-order valence-electron chi connectivity index (χ0n) is 9.75. The summed E-state index contributed by atoms with van der Waals surface area (Å²) in [4.78, 5) is 15.1. The van der Waals surface area contributed by atoms with Crippen LogP contribution in [0.15, 0.2) is 6.07 Å². The SMILES string of the molecule is CCOC(=O)Cc1cc(I)c(CN)c(C(F)F)n1. The number of carbonyl (C=O) groups is 1. The van der Waals surface area contributed by atoms with Crippen LogP contribution in [0.2, 0.25) is 0 Å². The number of rotatable bonds is 5. The number of esters is 1. The van der Waals surface area contributed by atoms with E-state index in [0.29, 0.717) is 9.13 Å². The van der Waals surface area contributed by atoms with Crippen LogP contribution in [0.3, 0.4) is 0 Å². The van der Waals surface area contributed by atoms with Gasteiger partial charge in [0.2, 0.25) is 0 Å². The van der Waals surface area contributed by atoms with Crippen molar-refractivity contribution in [3.8, 4) is 0 Å². The third-order valence-electron chi connectivity index (χ3n) is 2.20. The maximum atomic E-state index is 12.8. The minimum Gasteiger partial charge on any atom is -0.466 e. The van der Waals surface area contributed by atoms with Gasteiger partial charge in [0.1, 0.15) is 5.69 Å². The first-order chi connectivity index (χ1) is 8.49. The Hall–Kier alpha value is -0.830. The third kappa shape index (κ3) is 3.84. The first kappa shape index (κ1) is 15.2. The van der Waals surface area contributed by atoms with Gasteiger partial charge in [-0.3, -0.25) is 9.78 Å². The van der Waals surface area contributed by atoms with Gasteiger partial charge in [0, 0.05) is 15.7 Å². The molecule has 0 amide bonds. The molecule has 100 valence electrons. The van der Waals surface area contributed by atoms with E-state index in [4.69, 9.17) is 10.5 Å². The number of hydrogen-bond donors (Lipinski definition) is 1. The number of halogens is 3. The molecule has 2 N–H and O–H groups in total. The Bertz CT molecular complexity index is 441. The average Bonchev–Trinajstić information content (AvgIpc) is 2.28. The largest absolute Gasteiger partial charge is 0.466 e. The van der Waals surface area contributed by atoms with Crippen LogP contribution in [0.4, 0.5) is 8.78 Å². The molecule has 1 heterocycles. The Balaban J connectivity index is 3.05. The molecular weight excluding hydrogens is 357 g/mol. The minimum atomic E-state index is -2.71. The smallest absolute Gasteiger partial charge is 0.311 e. The van der Waals surface area contributed by atoms with E-state index in [-0.39, 0.29) is 31.0 Å². The second-order valence-corrected chi connectivity index (χ2v) is 4.61. The summed E-state index contributed by atoms with van der Waals surface area (Å²) in [5.41, 5.74) is 5.65. The van der Waals surface area contributed by atoms with Gasteiger partial charge in [-0.15, -0.1) is 0 Å². The lowest BCUT2D eigenvalue weighted by Gasteiger charge is -2.11. The Labute approximate surface area is 117 Å². The van der Waals surface area contributed by atoms with Crippen molar-refractivity contribution in [1.29, 1.82) is 0 Å². The lowest BCUT2D eigenvalue weighted by molar-refractivity contribution is -0.142.